The first kappa shape index (κ1) is 17.2. The van der Waals surface area contributed by atoms with Gasteiger partial charge in [-0.2, -0.15) is 0 Å². The second-order valence-electron chi connectivity index (χ2n) is 8.11. The molecular weight excluding hydrogens is 260 g/mol. The summed E-state index contributed by atoms with van der Waals surface area (Å²) in [5, 5.41) is 0. The zero-order chi connectivity index (χ0) is 15.4. The van der Waals surface area contributed by atoms with Gasteiger partial charge in [0, 0.05) is 32.2 Å². The van der Waals surface area contributed by atoms with E-state index in [4.69, 9.17) is 4.74 Å². The summed E-state index contributed by atoms with van der Waals surface area (Å²) >= 11 is 0. The van der Waals surface area contributed by atoms with Crippen LogP contribution in [0.5, 0.6) is 0 Å². The summed E-state index contributed by atoms with van der Waals surface area (Å²) in [6.45, 7) is 14.1. The summed E-state index contributed by atoms with van der Waals surface area (Å²) in [6, 6.07) is 0.762. The Labute approximate surface area is 132 Å². The first-order valence-corrected chi connectivity index (χ1v) is 9.02. The second kappa shape index (κ2) is 7.94. The predicted octanol–water partition coefficient (Wildman–Crippen LogP) is 3.24. The normalized spacial score (nSPS) is 28.6. The molecule has 0 N–H and O–H groups in total. The quantitative estimate of drug-likeness (QED) is 0.717. The highest BCUT2D eigenvalue weighted by Gasteiger charge is 2.35. The Kier molecular flexibility index (Phi) is 6.51. The summed E-state index contributed by atoms with van der Waals surface area (Å²) < 4.78 is 6.31. The molecule has 2 fully saturated rings. The number of rotatable bonds is 7. The monoisotopic (exact) mass is 296 g/mol. The molecule has 124 valence electrons. The Balaban J connectivity index is 1.59. The first-order valence-electron chi connectivity index (χ1n) is 9.02. The van der Waals surface area contributed by atoms with E-state index in [1.54, 1.807) is 0 Å². The molecular formula is C18H36N2O. The van der Waals surface area contributed by atoms with Crippen LogP contribution in [0.3, 0.4) is 0 Å². The molecule has 3 nitrogen and oxygen atoms in total. The lowest BCUT2D eigenvalue weighted by atomic mass is 9.87. The highest BCUT2D eigenvalue weighted by molar-refractivity contribution is 4.88. The van der Waals surface area contributed by atoms with Crippen molar-refractivity contribution in [1.29, 1.82) is 0 Å². The summed E-state index contributed by atoms with van der Waals surface area (Å²) in [5.74, 6) is 1.55. The maximum absolute atomic E-state index is 6.31. The maximum atomic E-state index is 6.31. The second-order valence-corrected chi connectivity index (χ2v) is 8.11. The molecule has 0 aromatic heterocycles. The minimum Gasteiger partial charge on any atom is -0.375 e. The van der Waals surface area contributed by atoms with E-state index in [1.165, 1.54) is 51.9 Å². The fourth-order valence-corrected chi connectivity index (χ4v) is 3.75. The summed E-state index contributed by atoms with van der Waals surface area (Å²) in [4.78, 5) is 5.13. The van der Waals surface area contributed by atoms with Crippen molar-refractivity contribution in [3.05, 3.63) is 0 Å². The zero-order valence-electron chi connectivity index (χ0n) is 14.8. The Bertz CT molecular complexity index is 292. The van der Waals surface area contributed by atoms with Gasteiger partial charge in [0.1, 0.15) is 0 Å². The predicted molar refractivity (Wildman–Crippen MR) is 89.7 cm³/mol. The molecule has 1 saturated heterocycles. The topological polar surface area (TPSA) is 15.7 Å². The largest absolute Gasteiger partial charge is 0.375 e. The lowest BCUT2D eigenvalue weighted by Gasteiger charge is -2.44. The van der Waals surface area contributed by atoms with Gasteiger partial charge < -0.3 is 14.5 Å². The number of ether oxygens (including phenoxy) is 1. The fraction of sp³-hybridized carbons (Fsp3) is 1.00. The third-order valence-electron chi connectivity index (χ3n) is 4.89. The van der Waals surface area contributed by atoms with Gasteiger partial charge in [-0.3, -0.25) is 0 Å². The number of piperidine rings is 1. The molecule has 2 aliphatic rings. The Hall–Kier alpha value is -0.120. The van der Waals surface area contributed by atoms with Crippen molar-refractivity contribution in [3.8, 4) is 0 Å². The molecule has 1 saturated carbocycles. The Morgan fingerprint density at radius 2 is 1.62 bits per heavy atom. The maximum Gasteiger partial charge on any atom is 0.0608 e. The van der Waals surface area contributed by atoms with Crippen molar-refractivity contribution in [1.82, 2.24) is 9.80 Å². The number of hydrogen-bond acceptors (Lipinski definition) is 3. The molecule has 0 aromatic carbocycles. The Morgan fingerprint density at radius 3 is 2.14 bits per heavy atom. The summed E-state index contributed by atoms with van der Waals surface area (Å²) in [5.41, 5.74) is 0. The van der Waals surface area contributed by atoms with Crippen LogP contribution in [0.4, 0.5) is 0 Å². The average molecular weight is 296 g/mol. The third kappa shape index (κ3) is 5.54. The molecule has 0 amide bonds. The Morgan fingerprint density at radius 1 is 1.00 bits per heavy atom. The molecule has 1 aliphatic heterocycles. The molecule has 0 atom stereocenters. The van der Waals surface area contributed by atoms with Crippen molar-refractivity contribution in [2.24, 2.45) is 11.8 Å². The molecule has 1 heterocycles. The van der Waals surface area contributed by atoms with E-state index in [1.807, 2.05) is 0 Å². The van der Waals surface area contributed by atoms with Crippen LogP contribution in [-0.2, 0) is 4.74 Å². The van der Waals surface area contributed by atoms with Gasteiger partial charge in [0.15, 0.2) is 0 Å². The van der Waals surface area contributed by atoms with E-state index in [9.17, 15) is 0 Å². The smallest absolute Gasteiger partial charge is 0.0608 e. The van der Waals surface area contributed by atoms with Crippen molar-refractivity contribution >= 4 is 0 Å². The van der Waals surface area contributed by atoms with Gasteiger partial charge in [0.25, 0.3) is 0 Å². The molecule has 0 aromatic rings. The van der Waals surface area contributed by atoms with Crippen LogP contribution >= 0.6 is 0 Å². The van der Waals surface area contributed by atoms with Crippen LogP contribution in [0.2, 0.25) is 0 Å². The molecule has 3 heteroatoms. The van der Waals surface area contributed by atoms with Crippen LogP contribution in [0.15, 0.2) is 0 Å². The van der Waals surface area contributed by atoms with Crippen LogP contribution < -0.4 is 0 Å². The highest BCUT2D eigenvalue weighted by Crippen LogP contribution is 2.30. The minimum atomic E-state index is 0.523. The SMILES string of the molecule is CC(C)CN1CCC(O[C@H]2C[C@H](N(C)CC(C)C)C2)CC1. The molecule has 1 aliphatic carbocycles. The summed E-state index contributed by atoms with van der Waals surface area (Å²) in [7, 11) is 2.27. The lowest BCUT2D eigenvalue weighted by Crippen LogP contribution is -2.49. The van der Waals surface area contributed by atoms with Crippen molar-refractivity contribution in [3.63, 3.8) is 0 Å². The molecule has 21 heavy (non-hydrogen) atoms. The molecule has 0 radical (unpaired) electrons. The molecule has 0 spiro atoms. The van der Waals surface area contributed by atoms with E-state index in [0.717, 1.165) is 17.9 Å². The van der Waals surface area contributed by atoms with Gasteiger partial charge in [0.05, 0.1) is 12.2 Å². The van der Waals surface area contributed by atoms with E-state index >= 15 is 0 Å². The molecule has 0 bridgehead atoms. The van der Waals surface area contributed by atoms with Crippen LogP contribution in [0.25, 0.3) is 0 Å². The van der Waals surface area contributed by atoms with Gasteiger partial charge in [0.2, 0.25) is 0 Å². The zero-order valence-corrected chi connectivity index (χ0v) is 14.8. The van der Waals surface area contributed by atoms with Gasteiger partial charge >= 0.3 is 0 Å². The van der Waals surface area contributed by atoms with Crippen LogP contribution in [0.1, 0.15) is 53.4 Å². The van der Waals surface area contributed by atoms with E-state index < -0.39 is 0 Å². The lowest BCUT2D eigenvalue weighted by molar-refractivity contribution is -0.101. The average Bonchev–Trinajstić information content (AvgIpc) is 2.33. The standard InChI is InChI=1S/C18H36N2O/c1-14(2)12-19(5)16-10-18(11-16)21-17-6-8-20(9-7-17)13-15(3)4/h14-18H,6-13H2,1-5H3/t16-,18-. The van der Waals surface area contributed by atoms with E-state index in [0.29, 0.717) is 12.2 Å². The summed E-state index contributed by atoms with van der Waals surface area (Å²) in [6.07, 6.45) is 6.01. The number of likely N-dealkylation sites (tertiary alicyclic amines) is 1. The van der Waals surface area contributed by atoms with Crippen molar-refractivity contribution in [2.75, 3.05) is 33.2 Å². The van der Waals surface area contributed by atoms with Gasteiger partial charge in [-0.25, -0.2) is 0 Å². The first-order chi connectivity index (χ1) is 9.94. The van der Waals surface area contributed by atoms with E-state index in [2.05, 4.69) is 44.5 Å². The fourth-order valence-electron chi connectivity index (χ4n) is 3.75. The van der Waals surface area contributed by atoms with Crippen LogP contribution in [-0.4, -0.2) is 61.3 Å². The van der Waals surface area contributed by atoms with Crippen molar-refractivity contribution < 1.29 is 4.74 Å². The van der Waals surface area contributed by atoms with Crippen molar-refractivity contribution in [2.45, 2.75) is 71.6 Å². The van der Waals surface area contributed by atoms with Gasteiger partial charge in [-0.1, -0.05) is 27.7 Å². The molecule has 2 rings (SSSR count). The van der Waals surface area contributed by atoms with Crippen LogP contribution in [0, 0.1) is 11.8 Å². The van der Waals surface area contributed by atoms with Gasteiger partial charge in [-0.05, 0) is 44.6 Å². The number of nitrogens with zero attached hydrogens (tertiary/aromatic N) is 2. The third-order valence-corrected chi connectivity index (χ3v) is 4.89. The van der Waals surface area contributed by atoms with E-state index in [-0.39, 0.29) is 0 Å². The molecule has 0 unspecified atom stereocenters. The minimum absolute atomic E-state index is 0.523. The van der Waals surface area contributed by atoms with Gasteiger partial charge in [-0.15, -0.1) is 0 Å². The highest BCUT2D eigenvalue weighted by atomic mass is 16.5. The number of hydrogen-bond donors (Lipinski definition) is 0.